The second kappa shape index (κ2) is 10.1. The fraction of sp³-hybridized carbons (Fsp3) is 0.370. The van der Waals surface area contributed by atoms with Crippen molar-refractivity contribution in [1.29, 1.82) is 0 Å². The van der Waals surface area contributed by atoms with Gasteiger partial charge in [0.1, 0.15) is 0 Å². The van der Waals surface area contributed by atoms with Crippen LogP contribution in [0.3, 0.4) is 0 Å². The topological polar surface area (TPSA) is 118 Å². The number of aromatic nitrogens is 2. The van der Waals surface area contributed by atoms with Crippen LogP contribution in [0.2, 0.25) is 0 Å². The molecule has 1 atom stereocenters. The van der Waals surface area contributed by atoms with Crippen molar-refractivity contribution < 1.29 is 17.9 Å². The van der Waals surface area contributed by atoms with E-state index in [1.54, 1.807) is 28.9 Å². The maximum Gasteiger partial charge on any atom is 0.255 e. The number of nitrogens with zero attached hydrogens (tertiary/aromatic N) is 4. The Balaban J connectivity index is 1.68. The number of ether oxygens (including phenoxy) is 1. The number of anilines is 2. The van der Waals surface area contributed by atoms with Gasteiger partial charge in [-0.15, -0.1) is 0 Å². The first-order chi connectivity index (χ1) is 17.8. The predicted molar refractivity (Wildman–Crippen MR) is 150 cm³/mol. The van der Waals surface area contributed by atoms with Gasteiger partial charge in [0.15, 0.2) is 5.75 Å². The predicted octanol–water partition coefficient (Wildman–Crippen LogP) is 4.13. The Bertz CT molecular complexity index is 1500. The maximum atomic E-state index is 13.4. The van der Waals surface area contributed by atoms with Crippen LogP contribution in [0.1, 0.15) is 53.9 Å². The molecule has 0 bridgehead atoms. The van der Waals surface area contributed by atoms with Crippen molar-refractivity contribution in [1.82, 2.24) is 14.7 Å². The summed E-state index contributed by atoms with van der Waals surface area (Å²) in [5, 5.41) is 7.46. The Labute approximate surface area is 223 Å². The zero-order valence-electron chi connectivity index (χ0n) is 22.7. The van der Waals surface area contributed by atoms with Crippen molar-refractivity contribution in [2.24, 2.45) is 4.99 Å². The molecule has 10 nitrogen and oxygen atoms in total. The first-order valence-electron chi connectivity index (χ1n) is 12.2. The molecule has 1 aliphatic rings. The summed E-state index contributed by atoms with van der Waals surface area (Å²) in [6, 6.07) is 9.06. The molecule has 3 aromatic rings. The van der Waals surface area contributed by atoms with Gasteiger partial charge in [-0.2, -0.15) is 5.10 Å². The minimum Gasteiger partial charge on any atom is -0.492 e. The van der Waals surface area contributed by atoms with Gasteiger partial charge in [-0.3, -0.25) is 14.5 Å². The molecule has 0 fully saturated rings. The van der Waals surface area contributed by atoms with E-state index < -0.39 is 10.0 Å². The van der Waals surface area contributed by atoms with Gasteiger partial charge >= 0.3 is 0 Å². The molecule has 0 saturated heterocycles. The van der Waals surface area contributed by atoms with Crippen molar-refractivity contribution in [3.05, 3.63) is 65.0 Å². The summed E-state index contributed by atoms with van der Waals surface area (Å²) in [7, 11) is -0.169. The highest BCUT2D eigenvalue weighted by Gasteiger charge is 2.24. The lowest BCUT2D eigenvalue weighted by Gasteiger charge is -2.24. The average molecular weight is 539 g/mol. The molecule has 202 valence electrons. The number of carbonyl (C=O) groups excluding carboxylic acids is 1. The van der Waals surface area contributed by atoms with Gasteiger partial charge in [0, 0.05) is 24.4 Å². The van der Waals surface area contributed by atoms with Crippen LogP contribution in [-0.4, -0.2) is 62.3 Å². The number of methoxy groups -OCH3 is 1. The SMILES string of the molecule is COc1c(NC(=O)c2ccc(C)c(-n3cc(C4CN=CN4C)cn3)c2)cc(C(C)(C)C)cc1NS(C)(=O)=O. The standard InChI is InChI=1S/C27H34N6O4S/c1-17-8-9-18(10-23(17)33-15-19(13-29-33)24-14-28-16-32(24)5)26(34)30-21-11-20(27(2,3)4)12-22(25(21)37-6)31-38(7,35)36/h8-13,15-16,24,31H,14H2,1-7H3,(H,30,34). The minimum absolute atomic E-state index is 0.132. The molecule has 0 radical (unpaired) electrons. The van der Waals surface area contributed by atoms with E-state index in [4.69, 9.17) is 4.74 Å². The number of sulfonamides is 1. The highest BCUT2D eigenvalue weighted by molar-refractivity contribution is 7.92. The number of likely N-dealkylation sites (N-methyl/N-ethyl adjacent to an activating group) is 1. The van der Waals surface area contributed by atoms with Gasteiger partial charge in [-0.25, -0.2) is 13.1 Å². The number of hydrogen-bond donors (Lipinski definition) is 2. The molecule has 2 aromatic carbocycles. The maximum absolute atomic E-state index is 13.4. The fourth-order valence-corrected chi connectivity index (χ4v) is 4.86. The molecular weight excluding hydrogens is 504 g/mol. The lowest BCUT2D eigenvalue weighted by molar-refractivity contribution is 0.102. The monoisotopic (exact) mass is 538 g/mol. The molecule has 1 aliphatic heterocycles. The first-order valence-corrected chi connectivity index (χ1v) is 14.0. The lowest BCUT2D eigenvalue weighted by Crippen LogP contribution is -2.19. The van der Waals surface area contributed by atoms with Crippen molar-refractivity contribution in [3.8, 4) is 11.4 Å². The average Bonchev–Trinajstić information content (AvgIpc) is 3.46. The van der Waals surface area contributed by atoms with E-state index >= 15 is 0 Å². The first kappa shape index (κ1) is 27.2. The summed E-state index contributed by atoms with van der Waals surface area (Å²) in [5.74, 6) is -0.138. The molecule has 1 amide bonds. The molecule has 0 spiro atoms. The van der Waals surface area contributed by atoms with Crippen LogP contribution in [0.5, 0.6) is 5.75 Å². The molecule has 11 heteroatoms. The van der Waals surface area contributed by atoms with Crippen molar-refractivity contribution in [2.45, 2.75) is 39.2 Å². The van der Waals surface area contributed by atoms with E-state index in [0.717, 1.165) is 28.6 Å². The fourth-order valence-electron chi connectivity index (χ4n) is 4.31. The molecule has 1 aromatic heterocycles. The molecule has 2 heterocycles. The Morgan fingerprint density at radius 3 is 2.47 bits per heavy atom. The zero-order valence-corrected chi connectivity index (χ0v) is 23.5. The second-order valence-electron chi connectivity index (χ2n) is 10.6. The molecule has 1 unspecified atom stereocenters. The van der Waals surface area contributed by atoms with E-state index in [0.29, 0.717) is 17.8 Å². The van der Waals surface area contributed by atoms with Gasteiger partial charge in [-0.05, 0) is 47.7 Å². The Morgan fingerprint density at radius 2 is 1.87 bits per heavy atom. The van der Waals surface area contributed by atoms with Crippen LogP contribution in [0.4, 0.5) is 11.4 Å². The smallest absolute Gasteiger partial charge is 0.255 e. The molecular formula is C27H34N6O4S. The summed E-state index contributed by atoms with van der Waals surface area (Å²) in [6.07, 6.45) is 6.67. The van der Waals surface area contributed by atoms with E-state index in [1.165, 1.54) is 7.11 Å². The third-order valence-corrected chi connectivity index (χ3v) is 7.03. The molecule has 0 saturated carbocycles. The third kappa shape index (κ3) is 5.83. The van der Waals surface area contributed by atoms with Crippen molar-refractivity contribution in [2.75, 3.05) is 37.0 Å². The number of amides is 1. The van der Waals surface area contributed by atoms with E-state index in [1.807, 2.05) is 64.4 Å². The number of aryl methyl sites for hydroxylation is 1. The van der Waals surface area contributed by atoms with Gasteiger partial charge in [0.25, 0.3) is 5.91 Å². The van der Waals surface area contributed by atoms with Gasteiger partial charge in [0.2, 0.25) is 10.0 Å². The second-order valence-corrected chi connectivity index (χ2v) is 12.3. The normalized spacial score (nSPS) is 15.6. The zero-order chi connectivity index (χ0) is 27.8. The van der Waals surface area contributed by atoms with Gasteiger partial charge < -0.3 is 15.0 Å². The Kier molecular flexibility index (Phi) is 7.24. The molecule has 4 rings (SSSR count). The number of aliphatic imine (C=N–C) groups is 1. The molecule has 2 N–H and O–H groups in total. The lowest BCUT2D eigenvalue weighted by atomic mass is 9.86. The summed E-state index contributed by atoms with van der Waals surface area (Å²) in [6.45, 7) is 8.65. The number of nitrogens with one attached hydrogen (secondary N) is 2. The van der Waals surface area contributed by atoms with Crippen molar-refractivity contribution >= 4 is 33.6 Å². The number of hydrogen-bond acceptors (Lipinski definition) is 7. The Hall–Kier alpha value is -3.86. The largest absolute Gasteiger partial charge is 0.492 e. The summed E-state index contributed by atoms with van der Waals surface area (Å²) in [4.78, 5) is 19.8. The van der Waals surface area contributed by atoms with Crippen LogP contribution in [0.15, 0.2) is 47.7 Å². The van der Waals surface area contributed by atoms with Crippen LogP contribution < -0.4 is 14.8 Å². The van der Waals surface area contributed by atoms with Crippen LogP contribution >= 0.6 is 0 Å². The Morgan fingerprint density at radius 1 is 1.16 bits per heavy atom. The molecule has 0 aliphatic carbocycles. The quantitative estimate of drug-likeness (QED) is 0.467. The van der Waals surface area contributed by atoms with Crippen LogP contribution in [-0.2, 0) is 15.4 Å². The highest BCUT2D eigenvalue weighted by Crippen LogP contribution is 2.39. The number of rotatable bonds is 7. The van der Waals surface area contributed by atoms with E-state index in [2.05, 4.69) is 20.1 Å². The van der Waals surface area contributed by atoms with Crippen molar-refractivity contribution in [3.63, 3.8) is 0 Å². The highest BCUT2D eigenvalue weighted by atomic mass is 32.2. The summed E-state index contributed by atoms with van der Waals surface area (Å²) < 4.78 is 33.8. The van der Waals surface area contributed by atoms with Crippen LogP contribution in [0, 0.1) is 6.92 Å². The number of benzene rings is 2. The van der Waals surface area contributed by atoms with E-state index in [-0.39, 0.29) is 28.8 Å². The van der Waals surface area contributed by atoms with E-state index in [9.17, 15) is 13.2 Å². The minimum atomic E-state index is -3.58. The van der Waals surface area contributed by atoms with Gasteiger partial charge in [-0.1, -0.05) is 26.8 Å². The van der Waals surface area contributed by atoms with Crippen LogP contribution in [0.25, 0.3) is 5.69 Å². The third-order valence-electron chi connectivity index (χ3n) is 6.44. The molecule has 38 heavy (non-hydrogen) atoms. The summed E-state index contributed by atoms with van der Waals surface area (Å²) in [5.41, 5.74) is 4.33. The number of carbonyl (C=O) groups is 1. The summed E-state index contributed by atoms with van der Waals surface area (Å²) >= 11 is 0. The van der Waals surface area contributed by atoms with Gasteiger partial charge in [0.05, 0.1) is 55.5 Å².